The number of rotatable bonds is 14. The molecule has 0 fully saturated rings. The Hall–Kier alpha value is -1.82. The van der Waals surface area contributed by atoms with Crippen molar-refractivity contribution in [3.63, 3.8) is 0 Å². The second-order valence-electron chi connectivity index (χ2n) is 10.7. The van der Waals surface area contributed by atoms with Crippen molar-refractivity contribution in [2.45, 2.75) is 146 Å². The van der Waals surface area contributed by atoms with Gasteiger partial charge in [-0.15, -0.1) is 0 Å². The highest BCUT2D eigenvalue weighted by Crippen LogP contribution is 2.35. The van der Waals surface area contributed by atoms with E-state index in [4.69, 9.17) is 0 Å². The fraction of sp³-hybridized carbons (Fsp3) is 0.622. The van der Waals surface area contributed by atoms with Crippen molar-refractivity contribution in [1.29, 1.82) is 0 Å². The molecule has 0 aliphatic carbocycles. The second kappa shape index (κ2) is 27.2. The fourth-order valence-corrected chi connectivity index (χ4v) is 3.60. The third-order valence-electron chi connectivity index (χ3n) is 7.13. The maximum Gasteiger partial charge on any atom is -0.0256 e. The molecule has 0 saturated heterocycles. The smallest absolute Gasteiger partial charge is 0.0256 e. The van der Waals surface area contributed by atoms with Crippen molar-refractivity contribution in [2.75, 3.05) is 0 Å². The molecule has 0 heteroatoms. The molecule has 0 aromatic heterocycles. The molecule has 0 unspecified atom stereocenters. The normalized spacial score (nSPS) is 10.3. The molecule has 0 N–H and O–H groups in total. The fourth-order valence-electron chi connectivity index (χ4n) is 3.60. The third kappa shape index (κ3) is 27.0. The Kier molecular flexibility index (Phi) is 29.2. The average molecular weight is 511 g/mol. The molecule has 1 aromatic rings. The minimum absolute atomic E-state index is 0.677. The predicted octanol–water partition coefficient (Wildman–Crippen LogP) is 13.5. The maximum absolute atomic E-state index is 3.80. The molecule has 0 heterocycles. The molecule has 0 nitrogen and oxygen atoms in total. The first-order valence-electron chi connectivity index (χ1n) is 15.2. The van der Waals surface area contributed by atoms with E-state index < -0.39 is 0 Å². The highest BCUT2D eigenvalue weighted by atomic mass is 14.3. The number of allylic oxidation sites excluding steroid dienone is 4. The maximum atomic E-state index is 3.80. The number of aryl methyl sites for hydroxylation is 1. The van der Waals surface area contributed by atoms with Crippen LogP contribution in [0.25, 0.3) is 6.08 Å². The van der Waals surface area contributed by atoms with Crippen LogP contribution in [-0.2, 0) is 0 Å². The molecule has 0 aliphatic rings. The Morgan fingerprint density at radius 1 is 0.649 bits per heavy atom. The molecule has 1 aromatic carbocycles. The minimum Gasteiger partial charge on any atom is -0.0961 e. The summed E-state index contributed by atoms with van der Waals surface area (Å²) in [5.74, 6) is 0. The zero-order valence-electron chi connectivity index (χ0n) is 27.1. The molecular formula is C37H66. The summed E-state index contributed by atoms with van der Waals surface area (Å²) >= 11 is 0. The lowest BCUT2D eigenvalue weighted by atomic mass is 9.76. The van der Waals surface area contributed by atoms with E-state index in [2.05, 4.69) is 98.5 Å². The molecule has 0 aliphatic heterocycles. The third-order valence-corrected chi connectivity index (χ3v) is 7.13. The van der Waals surface area contributed by atoms with E-state index in [0.717, 1.165) is 16.7 Å². The van der Waals surface area contributed by atoms with E-state index in [1.807, 2.05) is 26.8 Å². The first-order valence-corrected chi connectivity index (χ1v) is 15.2. The largest absolute Gasteiger partial charge is 0.0961 e. The molecular weight excluding hydrogens is 444 g/mol. The number of hydrogen-bond acceptors (Lipinski definition) is 0. The van der Waals surface area contributed by atoms with E-state index >= 15 is 0 Å². The van der Waals surface area contributed by atoms with Crippen molar-refractivity contribution >= 4 is 6.08 Å². The summed E-state index contributed by atoms with van der Waals surface area (Å²) < 4.78 is 0. The van der Waals surface area contributed by atoms with Crippen LogP contribution in [0.15, 0.2) is 66.8 Å². The molecule has 0 atom stereocenters. The number of benzene rings is 1. The van der Waals surface area contributed by atoms with Gasteiger partial charge in [0.2, 0.25) is 0 Å². The lowest BCUT2D eigenvalue weighted by Gasteiger charge is -2.30. The van der Waals surface area contributed by atoms with Gasteiger partial charge in [-0.05, 0) is 45.1 Å². The molecule has 0 bridgehead atoms. The van der Waals surface area contributed by atoms with Gasteiger partial charge in [-0.25, -0.2) is 0 Å². The van der Waals surface area contributed by atoms with Gasteiger partial charge in [-0.3, -0.25) is 0 Å². The zero-order valence-corrected chi connectivity index (χ0v) is 27.1. The Morgan fingerprint density at radius 2 is 1.05 bits per heavy atom. The Balaban J connectivity index is -0.000000431. The van der Waals surface area contributed by atoms with Crippen LogP contribution in [0.5, 0.6) is 0 Å². The van der Waals surface area contributed by atoms with Crippen LogP contribution < -0.4 is 0 Å². The van der Waals surface area contributed by atoms with Crippen LogP contribution in [0.2, 0.25) is 0 Å². The summed E-state index contributed by atoms with van der Waals surface area (Å²) in [5.41, 5.74) is 6.40. The van der Waals surface area contributed by atoms with E-state index in [0.29, 0.717) is 5.41 Å². The molecule has 37 heavy (non-hydrogen) atoms. The molecule has 0 radical (unpaired) electrons. The lowest BCUT2D eigenvalue weighted by molar-refractivity contribution is 0.222. The summed E-state index contributed by atoms with van der Waals surface area (Å²) in [4.78, 5) is 0. The topological polar surface area (TPSA) is 0 Å². The van der Waals surface area contributed by atoms with E-state index in [1.54, 1.807) is 0 Å². The first-order chi connectivity index (χ1) is 17.5. The quantitative estimate of drug-likeness (QED) is 0.172. The standard InChI is InChI=1S/C12H14.C11H24.C8H18.C6H10/c1-10(2)4-7-12-8-5-11(3)6-9-12;1-5-9-10-11(6-2,7-3)8-4;1-3-5-7-8-6-4-2;1-5(2)6(3)4/h4-9H,1H2,2-3H3;5-10H2,1-4H3;3-8H2,1-2H3;1,3H2,2,4H3/b7-4+;;;. The van der Waals surface area contributed by atoms with Gasteiger partial charge in [0.05, 0.1) is 0 Å². The SMILES string of the molecule is C=C(C)/C=C/c1ccc(C)cc1.C=C(C)C(=C)C.CCCCC(CC)(CC)CC.CCCCCCCC. The van der Waals surface area contributed by atoms with E-state index in [-0.39, 0.29) is 0 Å². The van der Waals surface area contributed by atoms with Crippen molar-refractivity contribution in [1.82, 2.24) is 0 Å². The van der Waals surface area contributed by atoms with Crippen molar-refractivity contribution in [3.8, 4) is 0 Å². The highest BCUT2D eigenvalue weighted by molar-refractivity contribution is 5.52. The van der Waals surface area contributed by atoms with Gasteiger partial charge in [0.1, 0.15) is 0 Å². The van der Waals surface area contributed by atoms with E-state index in [9.17, 15) is 0 Å². The van der Waals surface area contributed by atoms with Crippen LogP contribution in [0.4, 0.5) is 0 Å². The summed E-state index contributed by atoms with van der Waals surface area (Å²) in [6.45, 7) is 32.9. The van der Waals surface area contributed by atoms with Crippen LogP contribution in [-0.4, -0.2) is 0 Å². The van der Waals surface area contributed by atoms with Gasteiger partial charge in [-0.2, -0.15) is 0 Å². The molecule has 0 spiro atoms. The van der Waals surface area contributed by atoms with Crippen LogP contribution in [0, 0.1) is 12.3 Å². The Labute approximate surface area is 235 Å². The van der Waals surface area contributed by atoms with Crippen molar-refractivity contribution < 1.29 is 0 Å². The van der Waals surface area contributed by atoms with Crippen LogP contribution >= 0.6 is 0 Å². The summed E-state index contributed by atoms with van der Waals surface area (Å²) in [7, 11) is 0. The first kappa shape index (κ1) is 39.7. The van der Waals surface area contributed by atoms with E-state index in [1.165, 1.54) is 88.2 Å². The van der Waals surface area contributed by atoms with Crippen molar-refractivity contribution in [2.24, 2.45) is 5.41 Å². The highest BCUT2D eigenvalue weighted by Gasteiger charge is 2.22. The summed E-state index contributed by atoms with van der Waals surface area (Å²) in [6.07, 6.45) is 20.9. The van der Waals surface area contributed by atoms with Gasteiger partial charge < -0.3 is 0 Å². The number of hydrogen-bond donors (Lipinski definition) is 0. The van der Waals surface area contributed by atoms with Gasteiger partial charge >= 0.3 is 0 Å². The lowest BCUT2D eigenvalue weighted by Crippen LogP contribution is -2.17. The van der Waals surface area contributed by atoms with Gasteiger partial charge in [0.25, 0.3) is 0 Å². The Morgan fingerprint density at radius 3 is 1.35 bits per heavy atom. The van der Waals surface area contributed by atoms with Crippen molar-refractivity contribution in [3.05, 3.63) is 77.9 Å². The van der Waals surface area contributed by atoms with Gasteiger partial charge in [0.15, 0.2) is 0 Å². The summed E-state index contributed by atoms with van der Waals surface area (Å²) in [6, 6.07) is 8.43. The second-order valence-corrected chi connectivity index (χ2v) is 10.7. The monoisotopic (exact) mass is 511 g/mol. The van der Waals surface area contributed by atoms with Gasteiger partial charge in [-0.1, -0.05) is 191 Å². The molecule has 0 saturated carbocycles. The summed E-state index contributed by atoms with van der Waals surface area (Å²) in [5, 5.41) is 0. The van der Waals surface area contributed by atoms with Crippen LogP contribution in [0.3, 0.4) is 0 Å². The molecule has 0 amide bonds. The predicted molar refractivity (Wildman–Crippen MR) is 177 cm³/mol. The molecule has 214 valence electrons. The molecule has 1 rings (SSSR count). The van der Waals surface area contributed by atoms with Gasteiger partial charge in [0, 0.05) is 0 Å². The average Bonchev–Trinajstić information content (AvgIpc) is 2.88. The van der Waals surface area contributed by atoms with Crippen LogP contribution in [0.1, 0.15) is 150 Å². The number of unbranched alkanes of at least 4 members (excludes halogenated alkanes) is 6. The Bertz CT molecular complexity index is 668. The minimum atomic E-state index is 0.677. The zero-order chi connectivity index (χ0) is 29.1.